The van der Waals surface area contributed by atoms with Gasteiger partial charge in [-0.1, -0.05) is 12.5 Å². The third-order valence-corrected chi connectivity index (χ3v) is 3.56. The van der Waals surface area contributed by atoms with E-state index < -0.39 is 5.97 Å². The van der Waals surface area contributed by atoms with Crippen LogP contribution < -0.4 is 0 Å². The molecule has 2 aromatic heterocycles. The number of aryl methyl sites for hydroxylation is 1. The van der Waals surface area contributed by atoms with Crippen molar-refractivity contribution in [3.05, 3.63) is 35.4 Å². The molecule has 0 bridgehead atoms. The number of hydrogen-bond acceptors (Lipinski definition) is 2. The molecule has 3 rings (SSSR count). The van der Waals surface area contributed by atoms with Crippen LogP contribution in [0, 0.1) is 6.92 Å². The summed E-state index contributed by atoms with van der Waals surface area (Å²) in [7, 11) is 0. The number of carboxylic acids is 1. The highest BCUT2D eigenvalue weighted by molar-refractivity contribution is 5.87. The third-order valence-electron chi connectivity index (χ3n) is 3.56. The van der Waals surface area contributed by atoms with Crippen molar-refractivity contribution in [1.82, 2.24) is 9.38 Å². The number of hydrogen-bond donors (Lipinski definition) is 1. The van der Waals surface area contributed by atoms with Crippen LogP contribution in [0.2, 0.25) is 0 Å². The minimum atomic E-state index is -0.895. The fourth-order valence-corrected chi connectivity index (χ4v) is 2.42. The first-order chi connectivity index (χ1) is 8.18. The Kier molecular flexibility index (Phi) is 2.18. The molecule has 0 saturated heterocycles. The van der Waals surface area contributed by atoms with Gasteiger partial charge in [-0.05, 0) is 31.9 Å². The molecule has 88 valence electrons. The molecule has 0 amide bonds. The maximum Gasteiger partial charge on any atom is 0.352 e. The van der Waals surface area contributed by atoms with Gasteiger partial charge in [0.05, 0.1) is 11.2 Å². The number of rotatable bonds is 2. The molecule has 2 heterocycles. The monoisotopic (exact) mass is 230 g/mol. The lowest BCUT2D eigenvalue weighted by atomic mass is 9.85. The Morgan fingerprint density at radius 1 is 1.47 bits per heavy atom. The maximum atomic E-state index is 11.3. The van der Waals surface area contributed by atoms with E-state index in [1.807, 2.05) is 17.4 Å². The summed E-state index contributed by atoms with van der Waals surface area (Å²) in [6.45, 7) is 1.93. The van der Waals surface area contributed by atoms with Crippen molar-refractivity contribution in [2.75, 3.05) is 0 Å². The molecule has 1 aliphatic carbocycles. The number of nitrogens with zero attached hydrogens (tertiary/aromatic N) is 2. The number of aromatic nitrogens is 2. The summed E-state index contributed by atoms with van der Waals surface area (Å²) in [6, 6.07) is 5.34. The Balaban J connectivity index is 2.31. The Hall–Kier alpha value is -1.84. The summed E-state index contributed by atoms with van der Waals surface area (Å²) >= 11 is 0. The standard InChI is InChI=1S/C13H14N2O2/c1-8-10-6-3-7-11(13(16)17)15(10)12(14-8)9-4-2-5-9/h3,6-7,9H,2,4-5H2,1H3,(H,16,17). The first kappa shape index (κ1) is 10.3. The average Bonchev–Trinajstić information content (AvgIpc) is 2.54. The molecule has 4 heteroatoms. The van der Waals surface area contributed by atoms with Gasteiger partial charge in [0.2, 0.25) is 0 Å². The van der Waals surface area contributed by atoms with Gasteiger partial charge in [-0.25, -0.2) is 9.78 Å². The van der Waals surface area contributed by atoms with Crippen LogP contribution in [0.5, 0.6) is 0 Å². The summed E-state index contributed by atoms with van der Waals surface area (Å²) in [4.78, 5) is 15.8. The number of carboxylic acid groups (broad SMARTS) is 1. The number of imidazole rings is 1. The fourth-order valence-electron chi connectivity index (χ4n) is 2.42. The second-order valence-electron chi connectivity index (χ2n) is 4.62. The van der Waals surface area contributed by atoms with Crippen LogP contribution in [0.3, 0.4) is 0 Å². The van der Waals surface area contributed by atoms with Crippen molar-refractivity contribution in [2.45, 2.75) is 32.1 Å². The van der Waals surface area contributed by atoms with Gasteiger partial charge in [0.15, 0.2) is 0 Å². The molecule has 17 heavy (non-hydrogen) atoms. The van der Waals surface area contributed by atoms with E-state index in [1.165, 1.54) is 6.42 Å². The second kappa shape index (κ2) is 3.58. The van der Waals surface area contributed by atoms with E-state index in [9.17, 15) is 9.90 Å². The van der Waals surface area contributed by atoms with Gasteiger partial charge in [-0.15, -0.1) is 0 Å². The molecular weight excluding hydrogens is 216 g/mol. The molecule has 0 spiro atoms. The van der Waals surface area contributed by atoms with Gasteiger partial charge >= 0.3 is 5.97 Å². The topological polar surface area (TPSA) is 54.6 Å². The zero-order valence-corrected chi connectivity index (χ0v) is 9.68. The minimum Gasteiger partial charge on any atom is -0.477 e. The summed E-state index contributed by atoms with van der Waals surface area (Å²) < 4.78 is 1.81. The van der Waals surface area contributed by atoms with E-state index >= 15 is 0 Å². The zero-order valence-electron chi connectivity index (χ0n) is 9.68. The summed E-state index contributed by atoms with van der Waals surface area (Å²) in [5.41, 5.74) is 2.13. The van der Waals surface area contributed by atoms with Crippen LogP contribution >= 0.6 is 0 Å². The zero-order chi connectivity index (χ0) is 12.0. The molecule has 4 nitrogen and oxygen atoms in total. The molecule has 1 aliphatic rings. The van der Waals surface area contributed by atoms with Crippen molar-refractivity contribution in [3.8, 4) is 0 Å². The lowest BCUT2D eigenvalue weighted by Gasteiger charge is -2.24. The molecule has 1 saturated carbocycles. The number of pyridine rings is 1. The first-order valence-corrected chi connectivity index (χ1v) is 5.89. The van der Waals surface area contributed by atoms with Crippen LogP contribution in [0.15, 0.2) is 18.2 Å². The highest BCUT2D eigenvalue weighted by atomic mass is 16.4. The Morgan fingerprint density at radius 2 is 2.24 bits per heavy atom. The van der Waals surface area contributed by atoms with Crippen molar-refractivity contribution < 1.29 is 9.90 Å². The van der Waals surface area contributed by atoms with Crippen molar-refractivity contribution >= 4 is 11.5 Å². The summed E-state index contributed by atoms with van der Waals surface area (Å²) in [5, 5.41) is 9.24. The summed E-state index contributed by atoms with van der Waals surface area (Å²) in [6.07, 6.45) is 3.45. The molecule has 0 aliphatic heterocycles. The molecule has 0 unspecified atom stereocenters. The molecule has 0 atom stereocenters. The Bertz CT molecular complexity index is 597. The second-order valence-corrected chi connectivity index (χ2v) is 4.62. The van der Waals surface area contributed by atoms with Crippen LogP contribution in [0.25, 0.3) is 5.52 Å². The van der Waals surface area contributed by atoms with Gasteiger partial charge in [-0.2, -0.15) is 0 Å². The van der Waals surface area contributed by atoms with Gasteiger partial charge < -0.3 is 5.11 Å². The number of fused-ring (bicyclic) bond motifs is 1. The summed E-state index contributed by atoms with van der Waals surface area (Å²) in [5.74, 6) is 0.451. The highest BCUT2D eigenvalue weighted by Crippen LogP contribution is 2.36. The predicted molar refractivity (Wildman–Crippen MR) is 63.5 cm³/mol. The Morgan fingerprint density at radius 3 is 2.82 bits per heavy atom. The number of carbonyl (C=O) groups is 1. The fraction of sp³-hybridized carbons (Fsp3) is 0.385. The number of aromatic carboxylic acids is 1. The van der Waals surface area contributed by atoms with E-state index in [2.05, 4.69) is 4.98 Å². The Labute approximate surface area is 98.9 Å². The van der Waals surface area contributed by atoms with Gasteiger partial charge in [0, 0.05) is 5.92 Å². The molecule has 1 N–H and O–H groups in total. The van der Waals surface area contributed by atoms with E-state index in [-0.39, 0.29) is 0 Å². The minimum absolute atomic E-state index is 0.310. The van der Waals surface area contributed by atoms with Crippen LogP contribution in [0.4, 0.5) is 0 Å². The van der Waals surface area contributed by atoms with E-state index in [4.69, 9.17) is 0 Å². The van der Waals surface area contributed by atoms with Crippen LogP contribution in [0.1, 0.15) is 47.2 Å². The lowest BCUT2D eigenvalue weighted by molar-refractivity contribution is 0.0688. The third kappa shape index (κ3) is 1.44. The molecule has 0 aromatic carbocycles. The smallest absolute Gasteiger partial charge is 0.352 e. The quantitative estimate of drug-likeness (QED) is 0.862. The van der Waals surface area contributed by atoms with E-state index in [0.717, 1.165) is 29.9 Å². The molecular formula is C13H14N2O2. The van der Waals surface area contributed by atoms with Crippen molar-refractivity contribution in [3.63, 3.8) is 0 Å². The molecule has 0 radical (unpaired) electrons. The van der Waals surface area contributed by atoms with Crippen LogP contribution in [-0.4, -0.2) is 20.5 Å². The van der Waals surface area contributed by atoms with Gasteiger partial charge in [-0.3, -0.25) is 4.40 Å². The maximum absolute atomic E-state index is 11.3. The van der Waals surface area contributed by atoms with Gasteiger partial charge in [0.1, 0.15) is 11.5 Å². The lowest BCUT2D eigenvalue weighted by Crippen LogP contribution is -2.15. The van der Waals surface area contributed by atoms with Gasteiger partial charge in [0.25, 0.3) is 0 Å². The van der Waals surface area contributed by atoms with E-state index in [0.29, 0.717) is 11.6 Å². The normalized spacial score (nSPS) is 16.1. The SMILES string of the molecule is Cc1nc(C2CCC2)n2c(C(=O)O)cccc12. The first-order valence-electron chi connectivity index (χ1n) is 5.89. The average molecular weight is 230 g/mol. The predicted octanol–water partition coefficient (Wildman–Crippen LogP) is 2.61. The van der Waals surface area contributed by atoms with Crippen molar-refractivity contribution in [1.29, 1.82) is 0 Å². The largest absolute Gasteiger partial charge is 0.477 e. The van der Waals surface area contributed by atoms with Crippen molar-refractivity contribution in [2.24, 2.45) is 0 Å². The van der Waals surface area contributed by atoms with E-state index in [1.54, 1.807) is 12.1 Å². The highest BCUT2D eigenvalue weighted by Gasteiger charge is 2.26. The van der Waals surface area contributed by atoms with Crippen LogP contribution in [-0.2, 0) is 0 Å². The molecule has 2 aromatic rings. The molecule has 1 fully saturated rings.